The summed E-state index contributed by atoms with van der Waals surface area (Å²) >= 11 is 2.10. The lowest BCUT2D eigenvalue weighted by Crippen LogP contribution is -2.39. The average molecular weight is 215 g/mol. The molecule has 1 N–H and O–H groups in total. The van der Waals surface area contributed by atoms with Crippen LogP contribution < -0.4 is 5.32 Å². The van der Waals surface area contributed by atoms with Gasteiger partial charge in [-0.05, 0) is 43.6 Å². The smallest absolute Gasteiger partial charge is 0.0586 e. The highest BCUT2D eigenvalue weighted by molar-refractivity contribution is 7.99. The van der Waals surface area contributed by atoms with E-state index in [1.807, 2.05) is 7.11 Å². The second-order valence-corrected chi connectivity index (χ2v) is 5.65. The predicted molar refractivity (Wildman–Crippen MR) is 61.9 cm³/mol. The second kappa shape index (κ2) is 5.38. The van der Waals surface area contributed by atoms with E-state index < -0.39 is 0 Å². The number of hydrogen-bond acceptors (Lipinski definition) is 3. The summed E-state index contributed by atoms with van der Waals surface area (Å²) in [6.45, 7) is 0. The Balaban J connectivity index is 1.69. The molecule has 2 nitrogen and oxygen atoms in total. The molecule has 0 aromatic heterocycles. The normalized spacial score (nSPS) is 34.9. The molecule has 0 spiro atoms. The summed E-state index contributed by atoms with van der Waals surface area (Å²) in [7, 11) is 1.84. The number of ether oxygens (including phenoxy) is 1. The highest BCUT2D eigenvalue weighted by atomic mass is 32.2. The van der Waals surface area contributed by atoms with Crippen LogP contribution in [0.5, 0.6) is 0 Å². The van der Waals surface area contributed by atoms with E-state index in [0.29, 0.717) is 6.10 Å². The summed E-state index contributed by atoms with van der Waals surface area (Å²) in [4.78, 5) is 0. The van der Waals surface area contributed by atoms with E-state index in [1.165, 1.54) is 43.6 Å². The van der Waals surface area contributed by atoms with Crippen LogP contribution >= 0.6 is 11.8 Å². The molecule has 3 heteroatoms. The van der Waals surface area contributed by atoms with Crippen molar-refractivity contribution in [3.63, 3.8) is 0 Å². The molecule has 1 heterocycles. The third-order valence-electron chi connectivity index (χ3n) is 3.41. The van der Waals surface area contributed by atoms with Crippen molar-refractivity contribution in [1.82, 2.24) is 5.32 Å². The van der Waals surface area contributed by atoms with E-state index in [1.54, 1.807) is 0 Å². The van der Waals surface area contributed by atoms with Gasteiger partial charge in [-0.2, -0.15) is 11.8 Å². The molecular formula is C11H21NOS. The zero-order chi connectivity index (χ0) is 9.80. The summed E-state index contributed by atoms with van der Waals surface area (Å²) < 4.78 is 5.39. The molecule has 14 heavy (non-hydrogen) atoms. The fourth-order valence-corrected chi connectivity index (χ4v) is 3.61. The lowest BCUT2D eigenvalue weighted by atomic mass is 10.1. The summed E-state index contributed by atoms with van der Waals surface area (Å²) in [5, 5.41) is 3.79. The first kappa shape index (κ1) is 10.8. The maximum atomic E-state index is 5.39. The largest absolute Gasteiger partial charge is 0.381 e. The van der Waals surface area contributed by atoms with Crippen LogP contribution in [0.3, 0.4) is 0 Å². The molecule has 1 aliphatic heterocycles. The van der Waals surface area contributed by atoms with E-state index in [9.17, 15) is 0 Å². The topological polar surface area (TPSA) is 21.3 Å². The van der Waals surface area contributed by atoms with Gasteiger partial charge in [-0.1, -0.05) is 0 Å². The van der Waals surface area contributed by atoms with E-state index >= 15 is 0 Å². The molecule has 1 saturated carbocycles. The van der Waals surface area contributed by atoms with Crippen molar-refractivity contribution < 1.29 is 4.74 Å². The monoisotopic (exact) mass is 215 g/mol. The highest BCUT2D eigenvalue weighted by Crippen LogP contribution is 2.24. The van der Waals surface area contributed by atoms with Gasteiger partial charge in [0.05, 0.1) is 6.10 Å². The zero-order valence-electron chi connectivity index (χ0n) is 9.00. The Hall–Kier alpha value is 0.270. The number of rotatable bonds is 3. The molecule has 2 rings (SSSR count). The van der Waals surface area contributed by atoms with Crippen LogP contribution in [0.1, 0.15) is 32.1 Å². The van der Waals surface area contributed by atoms with E-state index in [-0.39, 0.29) is 0 Å². The molecule has 82 valence electrons. The van der Waals surface area contributed by atoms with Crippen LogP contribution in [-0.2, 0) is 4.74 Å². The Bertz CT molecular complexity index is 171. The Morgan fingerprint density at radius 2 is 1.86 bits per heavy atom. The van der Waals surface area contributed by atoms with Crippen LogP contribution in [0.25, 0.3) is 0 Å². The lowest BCUT2D eigenvalue weighted by molar-refractivity contribution is 0.106. The molecule has 2 atom stereocenters. The molecule has 0 bridgehead atoms. The number of hydrogen-bond donors (Lipinski definition) is 1. The fourth-order valence-electron chi connectivity index (χ4n) is 2.50. The van der Waals surface area contributed by atoms with Gasteiger partial charge in [-0.15, -0.1) is 0 Å². The molecule has 0 aromatic carbocycles. The SMILES string of the molecule is COC1CCC(NC2CCSCC2)C1. The molecule has 0 amide bonds. The van der Waals surface area contributed by atoms with Gasteiger partial charge in [0.25, 0.3) is 0 Å². The molecular weight excluding hydrogens is 194 g/mol. The fraction of sp³-hybridized carbons (Fsp3) is 1.00. The summed E-state index contributed by atoms with van der Waals surface area (Å²) in [6, 6.07) is 1.52. The Labute approximate surface area is 91.2 Å². The summed E-state index contributed by atoms with van der Waals surface area (Å²) in [6.07, 6.45) is 7.01. The number of nitrogens with one attached hydrogen (secondary N) is 1. The highest BCUT2D eigenvalue weighted by Gasteiger charge is 2.26. The van der Waals surface area contributed by atoms with Gasteiger partial charge in [-0.25, -0.2) is 0 Å². The Kier molecular flexibility index (Phi) is 4.14. The minimum atomic E-state index is 0.519. The molecule has 1 saturated heterocycles. The second-order valence-electron chi connectivity index (χ2n) is 4.42. The summed E-state index contributed by atoms with van der Waals surface area (Å²) in [5.74, 6) is 2.69. The van der Waals surface area contributed by atoms with Gasteiger partial charge < -0.3 is 10.1 Å². The third kappa shape index (κ3) is 2.88. The molecule has 2 unspecified atom stereocenters. The van der Waals surface area contributed by atoms with Crippen molar-refractivity contribution in [2.75, 3.05) is 18.6 Å². The van der Waals surface area contributed by atoms with E-state index in [2.05, 4.69) is 17.1 Å². The molecule has 2 fully saturated rings. The Morgan fingerprint density at radius 3 is 2.50 bits per heavy atom. The van der Waals surface area contributed by atoms with Crippen LogP contribution in [-0.4, -0.2) is 36.8 Å². The first-order valence-corrected chi connectivity index (χ1v) is 6.90. The van der Waals surface area contributed by atoms with Gasteiger partial charge in [0.1, 0.15) is 0 Å². The third-order valence-corrected chi connectivity index (χ3v) is 4.46. The van der Waals surface area contributed by atoms with Gasteiger partial charge >= 0.3 is 0 Å². The van der Waals surface area contributed by atoms with Crippen molar-refractivity contribution in [2.45, 2.75) is 50.3 Å². The van der Waals surface area contributed by atoms with Crippen molar-refractivity contribution >= 4 is 11.8 Å². The minimum absolute atomic E-state index is 0.519. The first-order valence-electron chi connectivity index (χ1n) is 5.75. The van der Waals surface area contributed by atoms with Gasteiger partial charge in [0.2, 0.25) is 0 Å². The van der Waals surface area contributed by atoms with Crippen molar-refractivity contribution in [2.24, 2.45) is 0 Å². The summed E-state index contributed by atoms with van der Waals surface area (Å²) in [5.41, 5.74) is 0. The predicted octanol–water partition coefficient (Wildman–Crippen LogP) is 2.04. The van der Waals surface area contributed by atoms with Gasteiger partial charge in [0.15, 0.2) is 0 Å². The van der Waals surface area contributed by atoms with Crippen molar-refractivity contribution in [3.05, 3.63) is 0 Å². The maximum Gasteiger partial charge on any atom is 0.0586 e. The van der Waals surface area contributed by atoms with Crippen LogP contribution in [0.4, 0.5) is 0 Å². The Morgan fingerprint density at radius 1 is 1.07 bits per heavy atom. The van der Waals surface area contributed by atoms with Crippen molar-refractivity contribution in [1.29, 1.82) is 0 Å². The average Bonchev–Trinajstić information content (AvgIpc) is 2.67. The maximum absolute atomic E-state index is 5.39. The molecule has 2 aliphatic rings. The quantitative estimate of drug-likeness (QED) is 0.778. The first-order chi connectivity index (χ1) is 6.88. The van der Waals surface area contributed by atoms with Gasteiger partial charge in [0, 0.05) is 19.2 Å². The number of methoxy groups -OCH3 is 1. The van der Waals surface area contributed by atoms with E-state index in [0.717, 1.165) is 12.1 Å². The zero-order valence-corrected chi connectivity index (χ0v) is 9.81. The van der Waals surface area contributed by atoms with Gasteiger partial charge in [-0.3, -0.25) is 0 Å². The van der Waals surface area contributed by atoms with Crippen LogP contribution in [0.15, 0.2) is 0 Å². The van der Waals surface area contributed by atoms with Crippen LogP contribution in [0, 0.1) is 0 Å². The lowest BCUT2D eigenvalue weighted by Gasteiger charge is -2.26. The molecule has 0 radical (unpaired) electrons. The van der Waals surface area contributed by atoms with Crippen molar-refractivity contribution in [3.8, 4) is 0 Å². The minimum Gasteiger partial charge on any atom is -0.381 e. The standard InChI is InChI=1S/C11H21NOS/c1-13-11-3-2-10(8-11)12-9-4-6-14-7-5-9/h9-12H,2-8H2,1H3. The number of thioether (sulfide) groups is 1. The molecule has 0 aromatic rings. The molecule has 1 aliphatic carbocycles. The van der Waals surface area contributed by atoms with Crippen LogP contribution in [0.2, 0.25) is 0 Å². The van der Waals surface area contributed by atoms with E-state index in [4.69, 9.17) is 4.74 Å².